The van der Waals surface area contributed by atoms with Gasteiger partial charge in [-0.2, -0.15) is 0 Å². The Morgan fingerprint density at radius 2 is 1.72 bits per heavy atom. The summed E-state index contributed by atoms with van der Waals surface area (Å²) < 4.78 is 5.38. The number of ether oxygens (including phenoxy) is 1. The van der Waals surface area contributed by atoms with Gasteiger partial charge in [0.15, 0.2) is 0 Å². The highest BCUT2D eigenvalue weighted by Crippen LogP contribution is 2.17. The molecule has 154 valence electrons. The molecule has 1 fully saturated rings. The van der Waals surface area contributed by atoms with Gasteiger partial charge < -0.3 is 19.9 Å². The monoisotopic (exact) mass is 397 g/mol. The molecule has 7 nitrogen and oxygen atoms in total. The fourth-order valence-electron chi connectivity index (χ4n) is 3.23. The van der Waals surface area contributed by atoms with Gasteiger partial charge in [-0.1, -0.05) is 30.3 Å². The van der Waals surface area contributed by atoms with Gasteiger partial charge in [-0.15, -0.1) is 0 Å². The number of H-pyrrole nitrogens is 1. The van der Waals surface area contributed by atoms with Crippen molar-refractivity contribution in [3.05, 3.63) is 58.4 Å². The number of aromatic nitrogens is 1. The molecule has 7 heteroatoms. The summed E-state index contributed by atoms with van der Waals surface area (Å²) in [7, 11) is 0. The van der Waals surface area contributed by atoms with E-state index in [-0.39, 0.29) is 17.7 Å². The van der Waals surface area contributed by atoms with Crippen molar-refractivity contribution in [2.75, 3.05) is 13.1 Å². The Labute approximate surface area is 170 Å². The number of nitrogens with one attached hydrogen (secondary N) is 2. The quantitative estimate of drug-likeness (QED) is 0.832. The van der Waals surface area contributed by atoms with Crippen LogP contribution in [0.5, 0.6) is 0 Å². The molecular formula is C22H27N3O4. The van der Waals surface area contributed by atoms with Crippen LogP contribution < -0.4 is 10.9 Å². The predicted octanol–water partition coefficient (Wildman–Crippen LogP) is 3.17. The van der Waals surface area contributed by atoms with Crippen LogP contribution in [0.15, 0.2) is 47.3 Å². The SMILES string of the molecule is CC(C)(C)OC(=O)N1CCC(NC(=O)c2ccc(-c3ccccc3)[nH]c2=O)CC1. The molecule has 1 aromatic heterocycles. The molecule has 1 aromatic carbocycles. The van der Waals surface area contributed by atoms with Crippen LogP contribution in [0.1, 0.15) is 44.0 Å². The summed E-state index contributed by atoms with van der Waals surface area (Å²) in [4.78, 5) is 41.5. The van der Waals surface area contributed by atoms with Crippen LogP contribution in [-0.4, -0.2) is 46.6 Å². The number of benzene rings is 1. The van der Waals surface area contributed by atoms with Crippen molar-refractivity contribution in [1.82, 2.24) is 15.2 Å². The van der Waals surface area contributed by atoms with Crippen LogP contribution in [0, 0.1) is 0 Å². The van der Waals surface area contributed by atoms with Crippen LogP contribution in [0.25, 0.3) is 11.3 Å². The summed E-state index contributed by atoms with van der Waals surface area (Å²) in [5.74, 6) is -0.401. The fraction of sp³-hybridized carbons (Fsp3) is 0.409. The Bertz CT molecular complexity index is 923. The number of hydrogen-bond donors (Lipinski definition) is 2. The Balaban J connectivity index is 1.58. The molecule has 3 rings (SSSR count). The molecule has 0 aliphatic carbocycles. The predicted molar refractivity (Wildman–Crippen MR) is 111 cm³/mol. The van der Waals surface area contributed by atoms with Gasteiger partial charge in [0, 0.05) is 24.8 Å². The van der Waals surface area contributed by atoms with E-state index >= 15 is 0 Å². The number of pyridine rings is 1. The molecule has 2 aromatic rings. The number of nitrogens with zero attached hydrogens (tertiary/aromatic N) is 1. The maximum Gasteiger partial charge on any atom is 0.410 e. The second-order valence-electron chi connectivity index (χ2n) is 8.20. The van der Waals surface area contributed by atoms with E-state index < -0.39 is 17.1 Å². The van der Waals surface area contributed by atoms with Crippen molar-refractivity contribution in [3.63, 3.8) is 0 Å². The highest BCUT2D eigenvalue weighted by molar-refractivity contribution is 5.94. The Morgan fingerprint density at radius 3 is 2.31 bits per heavy atom. The van der Waals surface area contributed by atoms with E-state index in [0.717, 1.165) is 5.56 Å². The van der Waals surface area contributed by atoms with Crippen LogP contribution in [0.4, 0.5) is 4.79 Å². The summed E-state index contributed by atoms with van der Waals surface area (Å²) in [5, 5.41) is 2.91. The molecule has 0 unspecified atom stereocenters. The molecule has 2 heterocycles. The number of carbonyl (C=O) groups is 2. The third-order valence-electron chi connectivity index (χ3n) is 4.72. The second-order valence-corrected chi connectivity index (χ2v) is 8.20. The van der Waals surface area contributed by atoms with E-state index in [4.69, 9.17) is 4.74 Å². The number of likely N-dealkylation sites (tertiary alicyclic amines) is 1. The van der Waals surface area contributed by atoms with Crippen molar-refractivity contribution >= 4 is 12.0 Å². The highest BCUT2D eigenvalue weighted by Gasteiger charge is 2.28. The van der Waals surface area contributed by atoms with Gasteiger partial charge in [0.1, 0.15) is 11.2 Å². The molecule has 0 saturated carbocycles. The Morgan fingerprint density at radius 1 is 1.07 bits per heavy atom. The van der Waals surface area contributed by atoms with Gasteiger partial charge >= 0.3 is 6.09 Å². The van der Waals surface area contributed by atoms with E-state index in [9.17, 15) is 14.4 Å². The standard InChI is InChI=1S/C22H27N3O4/c1-22(2,3)29-21(28)25-13-11-16(12-14-25)23-19(26)17-9-10-18(24-20(17)27)15-7-5-4-6-8-15/h4-10,16H,11-14H2,1-3H3,(H,23,26)(H,24,27). The van der Waals surface area contributed by atoms with Gasteiger partial charge in [0.25, 0.3) is 11.5 Å². The zero-order chi connectivity index (χ0) is 21.0. The van der Waals surface area contributed by atoms with E-state index in [1.54, 1.807) is 17.0 Å². The number of amides is 2. The summed E-state index contributed by atoms with van der Waals surface area (Å²) in [5.41, 5.74) is 0.674. The van der Waals surface area contributed by atoms with Gasteiger partial charge in [0.05, 0.1) is 0 Å². The zero-order valence-corrected chi connectivity index (χ0v) is 17.0. The van der Waals surface area contributed by atoms with Crippen LogP contribution in [0.2, 0.25) is 0 Å². The lowest BCUT2D eigenvalue weighted by atomic mass is 10.0. The lowest BCUT2D eigenvalue weighted by Crippen LogP contribution is -2.48. The molecule has 0 spiro atoms. The first-order valence-corrected chi connectivity index (χ1v) is 9.80. The number of aromatic amines is 1. The molecule has 0 bridgehead atoms. The first kappa shape index (κ1) is 20.6. The largest absolute Gasteiger partial charge is 0.444 e. The van der Waals surface area contributed by atoms with Crippen LogP contribution in [-0.2, 0) is 4.74 Å². The lowest BCUT2D eigenvalue weighted by molar-refractivity contribution is 0.0199. The minimum Gasteiger partial charge on any atom is -0.444 e. The molecule has 1 aliphatic rings. The van der Waals surface area contributed by atoms with Crippen molar-refractivity contribution in [3.8, 4) is 11.3 Å². The first-order valence-electron chi connectivity index (χ1n) is 9.80. The van der Waals surface area contributed by atoms with E-state index in [1.807, 2.05) is 51.1 Å². The summed E-state index contributed by atoms with van der Waals surface area (Å²) in [6.45, 7) is 6.50. The highest BCUT2D eigenvalue weighted by atomic mass is 16.6. The summed E-state index contributed by atoms with van der Waals surface area (Å²) in [6, 6.07) is 12.7. The maximum atomic E-state index is 12.5. The number of piperidine rings is 1. The topological polar surface area (TPSA) is 91.5 Å². The van der Waals surface area contributed by atoms with E-state index in [1.165, 1.54) is 0 Å². The molecule has 1 saturated heterocycles. The molecule has 2 amide bonds. The molecule has 29 heavy (non-hydrogen) atoms. The molecular weight excluding hydrogens is 370 g/mol. The smallest absolute Gasteiger partial charge is 0.410 e. The second kappa shape index (κ2) is 8.51. The number of carbonyl (C=O) groups excluding carboxylic acids is 2. The summed E-state index contributed by atoms with van der Waals surface area (Å²) in [6.07, 6.45) is 0.894. The number of hydrogen-bond acceptors (Lipinski definition) is 4. The van der Waals surface area contributed by atoms with Crippen molar-refractivity contribution in [1.29, 1.82) is 0 Å². The third kappa shape index (κ3) is 5.47. The van der Waals surface area contributed by atoms with Crippen LogP contribution in [0.3, 0.4) is 0 Å². The molecule has 1 aliphatic heterocycles. The van der Waals surface area contributed by atoms with Gasteiger partial charge in [0.2, 0.25) is 0 Å². The van der Waals surface area contributed by atoms with E-state index in [0.29, 0.717) is 31.6 Å². The molecule has 0 radical (unpaired) electrons. The molecule has 0 atom stereocenters. The van der Waals surface area contributed by atoms with Crippen molar-refractivity contribution in [2.24, 2.45) is 0 Å². The minimum atomic E-state index is -0.533. The van der Waals surface area contributed by atoms with Crippen LogP contribution >= 0.6 is 0 Å². The van der Waals surface area contributed by atoms with Crippen molar-refractivity contribution in [2.45, 2.75) is 45.3 Å². The normalized spacial score (nSPS) is 15.1. The van der Waals surface area contributed by atoms with Crippen molar-refractivity contribution < 1.29 is 14.3 Å². The van der Waals surface area contributed by atoms with Gasteiger partial charge in [-0.3, -0.25) is 9.59 Å². The fourth-order valence-corrected chi connectivity index (χ4v) is 3.23. The average molecular weight is 397 g/mol. The summed E-state index contributed by atoms with van der Waals surface area (Å²) >= 11 is 0. The third-order valence-corrected chi connectivity index (χ3v) is 4.72. The zero-order valence-electron chi connectivity index (χ0n) is 17.0. The number of rotatable bonds is 3. The van der Waals surface area contributed by atoms with Gasteiger partial charge in [-0.05, 0) is 51.3 Å². The van der Waals surface area contributed by atoms with Gasteiger partial charge in [-0.25, -0.2) is 4.79 Å². The minimum absolute atomic E-state index is 0.0826. The Hall–Kier alpha value is -3.09. The maximum absolute atomic E-state index is 12.5. The molecule has 2 N–H and O–H groups in total. The Kier molecular flexibility index (Phi) is 6.06. The lowest BCUT2D eigenvalue weighted by Gasteiger charge is -2.33. The van der Waals surface area contributed by atoms with E-state index in [2.05, 4.69) is 10.3 Å². The average Bonchev–Trinajstić information content (AvgIpc) is 2.67. The first-order chi connectivity index (χ1) is 13.7.